The van der Waals surface area contributed by atoms with Gasteiger partial charge in [-0.05, 0) is 24.0 Å². The van der Waals surface area contributed by atoms with E-state index in [-0.39, 0.29) is 0 Å². The molecule has 0 bridgehead atoms. The van der Waals surface area contributed by atoms with Crippen molar-refractivity contribution < 1.29 is 0 Å². The van der Waals surface area contributed by atoms with E-state index in [1.54, 1.807) is 0 Å². The molecular formula is C17H18. The molecule has 0 spiro atoms. The van der Waals surface area contributed by atoms with Gasteiger partial charge in [-0.2, -0.15) is 0 Å². The van der Waals surface area contributed by atoms with Gasteiger partial charge < -0.3 is 0 Å². The minimum atomic E-state index is 0.455. The van der Waals surface area contributed by atoms with Crippen molar-refractivity contribution in [3.63, 3.8) is 0 Å². The van der Waals surface area contributed by atoms with Crippen LogP contribution in [0.1, 0.15) is 23.5 Å². The van der Waals surface area contributed by atoms with Crippen LogP contribution in [0.2, 0.25) is 0 Å². The molecule has 0 saturated carbocycles. The molecule has 86 valence electrons. The van der Waals surface area contributed by atoms with Gasteiger partial charge in [0.15, 0.2) is 0 Å². The Morgan fingerprint density at radius 2 is 1.47 bits per heavy atom. The van der Waals surface area contributed by atoms with Gasteiger partial charge in [0.1, 0.15) is 0 Å². The van der Waals surface area contributed by atoms with Gasteiger partial charge in [0, 0.05) is 5.92 Å². The van der Waals surface area contributed by atoms with Crippen LogP contribution in [0.15, 0.2) is 73.3 Å². The Morgan fingerprint density at radius 1 is 0.882 bits per heavy atom. The normalized spacial score (nSPS) is 12.0. The molecule has 0 aliphatic heterocycles. The summed E-state index contributed by atoms with van der Waals surface area (Å²) in [4.78, 5) is 0. The lowest BCUT2D eigenvalue weighted by atomic mass is 9.92. The summed E-state index contributed by atoms with van der Waals surface area (Å²) in [6.45, 7) is 3.95. The van der Waals surface area contributed by atoms with E-state index in [0.717, 1.165) is 12.8 Å². The van der Waals surface area contributed by atoms with E-state index in [4.69, 9.17) is 0 Å². The minimum absolute atomic E-state index is 0.455. The summed E-state index contributed by atoms with van der Waals surface area (Å²) >= 11 is 0. The van der Waals surface area contributed by atoms with Crippen molar-refractivity contribution in [1.82, 2.24) is 0 Å². The highest BCUT2D eigenvalue weighted by atomic mass is 14.1. The van der Waals surface area contributed by atoms with Gasteiger partial charge in [-0.15, -0.1) is 6.58 Å². The molecule has 0 heteroatoms. The lowest BCUT2D eigenvalue weighted by Gasteiger charge is -2.12. The predicted molar refractivity (Wildman–Crippen MR) is 74.1 cm³/mol. The van der Waals surface area contributed by atoms with E-state index in [1.165, 1.54) is 11.1 Å². The zero-order valence-electron chi connectivity index (χ0n) is 10.0. The Bertz CT molecular complexity index is 442. The maximum absolute atomic E-state index is 3.95. The summed E-state index contributed by atoms with van der Waals surface area (Å²) in [5.41, 5.74) is 2.76. The van der Waals surface area contributed by atoms with Crippen LogP contribution >= 0.6 is 0 Å². The quantitative estimate of drug-likeness (QED) is 0.649. The predicted octanol–water partition coefficient (Wildman–Crippen LogP) is 4.59. The molecule has 0 heterocycles. The fourth-order valence-corrected chi connectivity index (χ4v) is 2.09. The molecule has 0 radical (unpaired) electrons. The second-order valence-electron chi connectivity index (χ2n) is 4.28. The van der Waals surface area contributed by atoms with Crippen molar-refractivity contribution in [1.29, 1.82) is 0 Å². The number of aryl methyl sites for hydroxylation is 1. The van der Waals surface area contributed by atoms with Crippen molar-refractivity contribution in [3.05, 3.63) is 84.4 Å². The molecule has 0 N–H and O–H groups in total. The third-order valence-corrected chi connectivity index (χ3v) is 3.10. The fraction of sp³-hybridized carbons (Fsp3) is 0.176. The van der Waals surface area contributed by atoms with Gasteiger partial charge in [0.05, 0.1) is 0 Å². The molecule has 17 heavy (non-hydrogen) atoms. The molecule has 2 rings (SSSR count). The van der Waals surface area contributed by atoms with Gasteiger partial charge in [-0.25, -0.2) is 0 Å². The third-order valence-electron chi connectivity index (χ3n) is 3.10. The Hall–Kier alpha value is -1.82. The molecule has 0 nitrogen and oxygen atoms in total. The molecule has 0 saturated heterocycles. The second-order valence-corrected chi connectivity index (χ2v) is 4.28. The Kier molecular flexibility index (Phi) is 4.15. The van der Waals surface area contributed by atoms with Gasteiger partial charge in [0.25, 0.3) is 0 Å². The lowest BCUT2D eigenvalue weighted by Crippen LogP contribution is -1.97. The molecule has 0 amide bonds. The van der Waals surface area contributed by atoms with Crippen LogP contribution in [-0.4, -0.2) is 0 Å². The van der Waals surface area contributed by atoms with Crippen LogP contribution in [0, 0.1) is 0 Å². The highest BCUT2D eigenvalue weighted by molar-refractivity contribution is 5.24. The fourth-order valence-electron chi connectivity index (χ4n) is 2.09. The monoisotopic (exact) mass is 222 g/mol. The summed E-state index contributed by atoms with van der Waals surface area (Å²) in [6.07, 6.45) is 4.28. The molecule has 1 atom stereocenters. The molecule has 0 aromatic heterocycles. The Balaban J connectivity index is 2.00. The highest BCUT2D eigenvalue weighted by Crippen LogP contribution is 2.22. The first-order chi connectivity index (χ1) is 8.40. The standard InChI is InChI=1S/C17H18/c1-2-16(17-11-7-4-8-12-17)14-13-15-9-5-3-6-10-15/h2-12,16H,1,13-14H2/t16-/m0/s1. The van der Waals surface area contributed by atoms with Crippen molar-refractivity contribution in [2.75, 3.05) is 0 Å². The van der Waals surface area contributed by atoms with Crippen LogP contribution in [0.25, 0.3) is 0 Å². The maximum Gasteiger partial charge on any atom is 0.00184 e. The van der Waals surface area contributed by atoms with E-state index >= 15 is 0 Å². The molecule has 2 aromatic carbocycles. The number of hydrogen-bond acceptors (Lipinski definition) is 0. The van der Waals surface area contributed by atoms with E-state index < -0.39 is 0 Å². The summed E-state index contributed by atoms with van der Waals surface area (Å²) in [6, 6.07) is 21.2. The zero-order chi connectivity index (χ0) is 11.9. The van der Waals surface area contributed by atoms with Gasteiger partial charge in [-0.3, -0.25) is 0 Å². The Labute approximate surface area is 104 Å². The van der Waals surface area contributed by atoms with Crippen LogP contribution < -0.4 is 0 Å². The van der Waals surface area contributed by atoms with Crippen molar-refractivity contribution in [3.8, 4) is 0 Å². The van der Waals surface area contributed by atoms with Crippen molar-refractivity contribution >= 4 is 0 Å². The molecular weight excluding hydrogens is 204 g/mol. The first-order valence-electron chi connectivity index (χ1n) is 6.11. The van der Waals surface area contributed by atoms with Gasteiger partial charge in [-0.1, -0.05) is 66.7 Å². The number of hydrogen-bond donors (Lipinski definition) is 0. The number of benzene rings is 2. The van der Waals surface area contributed by atoms with Crippen molar-refractivity contribution in [2.24, 2.45) is 0 Å². The Morgan fingerprint density at radius 3 is 2.06 bits per heavy atom. The van der Waals surface area contributed by atoms with Gasteiger partial charge >= 0.3 is 0 Å². The molecule has 2 aromatic rings. The third kappa shape index (κ3) is 3.32. The average molecular weight is 222 g/mol. The van der Waals surface area contributed by atoms with E-state index in [9.17, 15) is 0 Å². The van der Waals surface area contributed by atoms with Crippen molar-refractivity contribution in [2.45, 2.75) is 18.8 Å². The smallest absolute Gasteiger partial charge is 0.00184 e. The average Bonchev–Trinajstić information content (AvgIpc) is 2.42. The summed E-state index contributed by atoms with van der Waals surface area (Å²) < 4.78 is 0. The topological polar surface area (TPSA) is 0 Å². The van der Waals surface area contributed by atoms with E-state index in [2.05, 4.69) is 73.3 Å². The summed E-state index contributed by atoms with van der Waals surface area (Å²) in [5, 5.41) is 0. The first kappa shape index (κ1) is 11.7. The largest absolute Gasteiger partial charge is 0.102 e. The van der Waals surface area contributed by atoms with E-state index in [1.807, 2.05) is 0 Å². The molecule has 0 unspecified atom stereocenters. The van der Waals surface area contributed by atoms with Crippen LogP contribution in [0.3, 0.4) is 0 Å². The molecule has 0 aliphatic carbocycles. The second kappa shape index (κ2) is 6.05. The number of rotatable bonds is 5. The SMILES string of the molecule is C=C[C@@H](CCc1ccccc1)c1ccccc1. The first-order valence-corrected chi connectivity index (χ1v) is 6.11. The highest BCUT2D eigenvalue weighted by Gasteiger charge is 2.06. The maximum atomic E-state index is 3.95. The minimum Gasteiger partial charge on any atom is -0.102 e. The van der Waals surface area contributed by atoms with Crippen LogP contribution in [0.4, 0.5) is 0 Å². The van der Waals surface area contributed by atoms with Gasteiger partial charge in [0.2, 0.25) is 0 Å². The lowest BCUT2D eigenvalue weighted by molar-refractivity contribution is 0.737. The zero-order valence-corrected chi connectivity index (χ0v) is 10.0. The summed E-state index contributed by atoms with van der Waals surface area (Å²) in [5.74, 6) is 0.455. The van der Waals surface area contributed by atoms with E-state index in [0.29, 0.717) is 5.92 Å². The van der Waals surface area contributed by atoms with Crippen LogP contribution in [0.5, 0.6) is 0 Å². The molecule has 0 fully saturated rings. The number of allylic oxidation sites excluding steroid dienone is 1. The van der Waals surface area contributed by atoms with Crippen LogP contribution in [-0.2, 0) is 6.42 Å². The summed E-state index contributed by atoms with van der Waals surface area (Å²) in [7, 11) is 0. The molecule has 0 aliphatic rings.